The number of carbonyl (C=O) groups is 2. The highest BCUT2D eigenvalue weighted by molar-refractivity contribution is 6.04. The fourth-order valence-electron chi connectivity index (χ4n) is 3.07. The Morgan fingerprint density at radius 1 is 1.22 bits per heavy atom. The highest BCUT2D eigenvalue weighted by atomic mass is 16.2. The maximum absolute atomic E-state index is 12.2. The van der Waals surface area contributed by atoms with Gasteiger partial charge in [0.1, 0.15) is 0 Å². The first kappa shape index (κ1) is 17.6. The molecule has 5 heteroatoms. The molecule has 0 unspecified atom stereocenters. The van der Waals surface area contributed by atoms with Crippen LogP contribution in [0.3, 0.4) is 0 Å². The summed E-state index contributed by atoms with van der Waals surface area (Å²) in [5, 5.41) is 6.07. The van der Waals surface area contributed by atoms with Gasteiger partial charge >= 0.3 is 0 Å². The molecule has 1 fully saturated rings. The van der Waals surface area contributed by atoms with Gasteiger partial charge in [0.2, 0.25) is 5.91 Å². The van der Waals surface area contributed by atoms with E-state index in [9.17, 15) is 9.59 Å². The third-order valence-electron chi connectivity index (χ3n) is 4.46. The van der Waals surface area contributed by atoms with Crippen LogP contribution in [-0.4, -0.2) is 49.8 Å². The van der Waals surface area contributed by atoms with E-state index in [0.29, 0.717) is 17.8 Å². The largest absolute Gasteiger partial charge is 0.324 e. The number of Topliss-reactive ketones (excluding diaryl/α,β-unsaturated/α-hetero) is 1. The lowest BCUT2D eigenvalue weighted by atomic mass is 9.93. The highest BCUT2D eigenvalue weighted by Gasteiger charge is 2.20. The average Bonchev–Trinajstić information content (AvgIpc) is 2.54. The number of hydrogen-bond acceptors (Lipinski definition) is 4. The number of piperidine rings is 1. The lowest BCUT2D eigenvalue weighted by molar-refractivity contribution is -0.117. The van der Waals surface area contributed by atoms with Crippen LogP contribution in [0.1, 0.15) is 36.5 Å². The van der Waals surface area contributed by atoms with Crippen molar-refractivity contribution in [3.63, 3.8) is 0 Å². The first-order chi connectivity index (χ1) is 11.1. The molecule has 1 aromatic rings. The Morgan fingerprint density at radius 2 is 1.91 bits per heavy atom. The summed E-state index contributed by atoms with van der Waals surface area (Å²) in [6, 6.07) is 7.15. The summed E-state index contributed by atoms with van der Waals surface area (Å²) in [6.45, 7) is 4.91. The molecule has 0 radical (unpaired) electrons. The molecular weight excluding hydrogens is 290 g/mol. The van der Waals surface area contributed by atoms with Crippen LogP contribution in [0, 0.1) is 5.92 Å². The summed E-state index contributed by atoms with van der Waals surface area (Å²) in [6.07, 6.45) is 3.51. The predicted molar refractivity (Wildman–Crippen MR) is 92.8 cm³/mol. The van der Waals surface area contributed by atoms with Gasteiger partial charge in [-0.2, -0.15) is 0 Å². The van der Waals surface area contributed by atoms with Crippen molar-refractivity contribution < 1.29 is 9.59 Å². The van der Waals surface area contributed by atoms with Gasteiger partial charge in [0.15, 0.2) is 5.78 Å². The molecule has 1 aliphatic heterocycles. The number of ketones is 1. The van der Waals surface area contributed by atoms with Crippen molar-refractivity contribution in [1.82, 2.24) is 10.2 Å². The number of nitrogens with one attached hydrogen (secondary N) is 2. The van der Waals surface area contributed by atoms with Crippen LogP contribution in [0.5, 0.6) is 0 Å². The van der Waals surface area contributed by atoms with E-state index in [1.807, 2.05) is 19.2 Å². The Bertz CT molecular complexity index is 537. The first-order valence-corrected chi connectivity index (χ1v) is 8.37. The van der Waals surface area contributed by atoms with Crippen molar-refractivity contribution in [3.05, 3.63) is 29.8 Å². The fraction of sp³-hybridized carbons (Fsp3) is 0.556. The Hall–Kier alpha value is -1.72. The van der Waals surface area contributed by atoms with E-state index in [4.69, 9.17) is 0 Å². The summed E-state index contributed by atoms with van der Waals surface area (Å²) in [4.78, 5) is 26.0. The Balaban J connectivity index is 1.81. The first-order valence-electron chi connectivity index (χ1n) is 8.37. The predicted octanol–water partition coefficient (Wildman–Crippen LogP) is 2.15. The van der Waals surface area contributed by atoms with Gasteiger partial charge in [-0.25, -0.2) is 0 Å². The minimum absolute atomic E-state index is 0.0359. The second kappa shape index (κ2) is 8.79. The van der Waals surface area contributed by atoms with Crippen LogP contribution in [-0.2, 0) is 4.79 Å². The second-order valence-corrected chi connectivity index (χ2v) is 6.26. The van der Waals surface area contributed by atoms with Crippen molar-refractivity contribution >= 4 is 17.4 Å². The smallest absolute Gasteiger partial charge is 0.238 e. The number of hydrogen-bond donors (Lipinski definition) is 2. The molecule has 0 atom stereocenters. The van der Waals surface area contributed by atoms with Gasteiger partial charge in [0, 0.05) is 5.56 Å². The molecule has 1 heterocycles. The topological polar surface area (TPSA) is 61.4 Å². The summed E-state index contributed by atoms with van der Waals surface area (Å²) >= 11 is 0. The number of carbonyl (C=O) groups excluding carboxylic acids is 2. The van der Waals surface area contributed by atoms with Crippen LogP contribution in [0.4, 0.5) is 5.69 Å². The van der Waals surface area contributed by atoms with E-state index < -0.39 is 0 Å². The fourth-order valence-corrected chi connectivity index (χ4v) is 3.07. The number of rotatable bonds is 7. The number of amides is 1. The van der Waals surface area contributed by atoms with Crippen LogP contribution >= 0.6 is 0 Å². The molecule has 23 heavy (non-hydrogen) atoms. The Morgan fingerprint density at radius 3 is 2.57 bits per heavy atom. The van der Waals surface area contributed by atoms with Gasteiger partial charge in [-0.1, -0.05) is 12.1 Å². The van der Waals surface area contributed by atoms with Crippen molar-refractivity contribution in [2.24, 2.45) is 5.92 Å². The molecule has 0 aromatic heterocycles. The van der Waals surface area contributed by atoms with E-state index in [-0.39, 0.29) is 11.7 Å². The van der Waals surface area contributed by atoms with Crippen LogP contribution < -0.4 is 10.6 Å². The second-order valence-electron chi connectivity index (χ2n) is 6.26. The summed E-state index contributed by atoms with van der Waals surface area (Å²) in [5.74, 6) is 0.679. The van der Waals surface area contributed by atoms with E-state index in [1.54, 1.807) is 12.1 Å². The van der Waals surface area contributed by atoms with Crippen molar-refractivity contribution in [1.29, 1.82) is 0 Å². The molecule has 1 aliphatic rings. The number of benzene rings is 1. The Kier molecular flexibility index (Phi) is 6.74. The SMILES string of the molecule is CNCCC1CCN(CC(=O)Nc2ccccc2C(C)=O)CC1. The zero-order valence-electron chi connectivity index (χ0n) is 14.1. The molecular formula is C18H27N3O2. The quantitative estimate of drug-likeness (QED) is 0.757. The Labute approximate surface area is 138 Å². The zero-order chi connectivity index (χ0) is 16.7. The van der Waals surface area contributed by atoms with E-state index in [0.717, 1.165) is 38.4 Å². The number of likely N-dealkylation sites (tertiary alicyclic amines) is 1. The normalized spacial score (nSPS) is 16.3. The van der Waals surface area contributed by atoms with Crippen LogP contribution in [0.2, 0.25) is 0 Å². The van der Waals surface area contributed by atoms with E-state index in [2.05, 4.69) is 15.5 Å². The maximum Gasteiger partial charge on any atom is 0.238 e. The summed E-state index contributed by atoms with van der Waals surface area (Å²) in [7, 11) is 1.98. The molecule has 0 aliphatic carbocycles. The highest BCUT2D eigenvalue weighted by Crippen LogP contribution is 2.20. The molecule has 5 nitrogen and oxygen atoms in total. The minimum Gasteiger partial charge on any atom is -0.324 e. The lowest BCUT2D eigenvalue weighted by Crippen LogP contribution is -2.39. The number of nitrogens with zero attached hydrogens (tertiary/aromatic N) is 1. The van der Waals surface area contributed by atoms with E-state index in [1.165, 1.54) is 13.3 Å². The zero-order valence-corrected chi connectivity index (χ0v) is 14.1. The lowest BCUT2D eigenvalue weighted by Gasteiger charge is -2.31. The maximum atomic E-state index is 12.2. The van der Waals surface area contributed by atoms with Gasteiger partial charge in [-0.05, 0) is 70.9 Å². The van der Waals surface area contributed by atoms with Crippen LogP contribution in [0.15, 0.2) is 24.3 Å². The molecule has 1 saturated heterocycles. The summed E-state index contributed by atoms with van der Waals surface area (Å²) in [5.41, 5.74) is 1.17. The molecule has 2 rings (SSSR count). The third-order valence-corrected chi connectivity index (χ3v) is 4.46. The summed E-state index contributed by atoms with van der Waals surface area (Å²) < 4.78 is 0. The van der Waals surface area contributed by atoms with Crippen molar-refractivity contribution in [2.75, 3.05) is 38.5 Å². The third kappa shape index (κ3) is 5.44. The van der Waals surface area contributed by atoms with Gasteiger partial charge in [0.25, 0.3) is 0 Å². The van der Waals surface area contributed by atoms with Gasteiger partial charge in [-0.15, -0.1) is 0 Å². The molecule has 0 saturated carbocycles. The molecule has 0 spiro atoms. The molecule has 2 N–H and O–H groups in total. The molecule has 126 valence electrons. The van der Waals surface area contributed by atoms with Gasteiger partial charge < -0.3 is 10.6 Å². The number of para-hydroxylation sites is 1. The molecule has 0 bridgehead atoms. The number of anilines is 1. The van der Waals surface area contributed by atoms with Crippen molar-refractivity contribution in [3.8, 4) is 0 Å². The van der Waals surface area contributed by atoms with Crippen LogP contribution in [0.25, 0.3) is 0 Å². The monoisotopic (exact) mass is 317 g/mol. The molecule has 1 amide bonds. The van der Waals surface area contributed by atoms with Gasteiger partial charge in [0.05, 0.1) is 12.2 Å². The minimum atomic E-state index is -0.0487. The standard InChI is InChI=1S/C18H27N3O2/c1-14(22)16-5-3-4-6-17(16)20-18(23)13-21-11-8-15(9-12-21)7-10-19-2/h3-6,15,19H,7-13H2,1-2H3,(H,20,23). The van der Waals surface area contributed by atoms with Crippen molar-refractivity contribution in [2.45, 2.75) is 26.2 Å². The average molecular weight is 317 g/mol. The van der Waals surface area contributed by atoms with E-state index >= 15 is 0 Å². The van der Waals surface area contributed by atoms with Gasteiger partial charge in [-0.3, -0.25) is 14.5 Å². The molecule has 1 aromatic carbocycles.